The van der Waals surface area contributed by atoms with Crippen LogP contribution in [-0.4, -0.2) is 29.7 Å². The molecule has 0 radical (unpaired) electrons. The van der Waals surface area contributed by atoms with Crippen molar-refractivity contribution in [2.24, 2.45) is 0 Å². The van der Waals surface area contributed by atoms with Crippen LogP contribution >= 0.6 is 11.3 Å². The van der Waals surface area contributed by atoms with Gasteiger partial charge in [-0.2, -0.15) is 0 Å². The monoisotopic (exact) mass is 291 g/mol. The fourth-order valence-electron chi connectivity index (χ4n) is 2.23. The zero-order valence-corrected chi connectivity index (χ0v) is 11.4. The Morgan fingerprint density at radius 3 is 2.90 bits per heavy atom. The first-order valence-electron chi connectivity index (χ1n) is 6.33. The average molecular weight is 291 g/mol. The summed E-state index contributed by atoms with van der Waals surface area (Å²) >= 11 is 1.22. The van der Waals surface area contributed by atoms with Crippen molar-refractivity contribution in [1.82, 2.24) is 0 Å². The number of nitrogens with one attached hydrogen (secondary N) is 1. The Bertz CT molecular complexity index is 673. The van der Waals surface area contributed by atoms with Gasteiger partial charge in [0, 0.05) is 17.0 Å². The first-order chi connectivity index (χ1) is 9.63. The van der Waals surface area contributed by atoms with E-state index in [1.54, 1.807) is 18.2 Å². The number of carboxylic acids is 1. The molecule has 0 spiro atoms. The fraction of sp³-hybridized carbons (Fsp3) is 0.286. The summed E-state index contributed by atoms with van der Waals surface area (Å²) in [4.78, 5) is 23.2. The van der Waals surface area contributed by atoms with E-state index in [9.17, 15) is 9.59 Å². The fourth-order valence-corrected chi connectivity index (χ4v) is 3.12. The van der Waals surface area contributed by atoms with Crippen molar-refractivity contribution in [3.63, 3.8) is 0 Å². The Labute approximate surface area is 119 Å². The maximum atomic E-state index is 11.9. The minimum Gasteiger partial charge on any atom is -0.477 e. The van der Waals surface area contributed by atoms with Crippen LogP contribution in [0.1, 0.15) is 22.5 Å². The van der Waals surface area contributed by atoms with Crippen molar-refractivity contribution in [2.45, 2.75) is 18.9 Å². The molecule has 1 fully saturated rings. The van der Waals surface area contributed by atoms with Crippen molar-refractivity contribution < 1.29 is 19.4 Å². The molecule has 2 aromatic rings. The van der Waals surface area contributed by atoms with Crippen molar-refractivity contribution in [3.05, 3.63) is 29.1 Å². The predicted molar refractivity (Wildman–Crippen MR) is 76.4 cm³/mol. The second-order valence-corrected chi connectivity index (χ2v) is 5.74. The molecule has 3 rings (SSSR count). The van der Waals surface area contributed by atoms with Crippen LogP contribution in [0, 0.1) is 0 Å². The molecule has 1 aromatic heterocycles. The SMILES string of the molecule is O=C(O)c1cc2cc(NC(=O)[C@@H]3CCCO3)ccc2s1. The number of anilines is 1. The Kier molecular flexibility index (Phi) is 3.42. The Morgan fingerprint density at radius 2 is 2.20 bits per heavy atom. The van der Waals surface area contributed by atoms with Gasteiger partial charge in [-0.05, 0) is 42.5 Å². The van der Waals surface area contributed by atoms with Crippen LogP contribution in [0.25, 0.3) is 10.1 Å². The molecule has 1 saturated heterocycles. The second-order valence-electron chi connectivity index (χ2n) is 4.66. The molecule has 1 aromatic carbocycles. The summed E-state index contributed by atoms with van der Waals surface area (Å²) in [6, 6.07) is 6.99. The summed E-state index contributed by atoms with van der Waals surface area (Å²) in [6.07, 6.45) is 1.28. The molecule has 5 nitrogen and oxygen atoms in total. The van der Waals surface area contributed by atoms with Gasteiger partial charge >= 0.3 is 5.97 Å². The molecule has 1 amide bonds. The summed E-state index contributed by atoms with van der Waals surface area (Å²) in [5.41, 5.74) is 0.660. The molecular formula is C14H13NO4S. The van der Waals surface area contributed by atoms with Gasteiger partial charge in [-0.1, -0.05) is 0 Å². The van der Waals surface area contributed by atoms with Gasteiger partial charge in [-0.15, -0.1) is 11.3 Å². The average Bonchev–Trinajstić information content (AvgIpc) is 3.07. The van der Waals surface area contributed by atoms with Gasteiger partial charge in [0.2, 0.25) is 0 Å². The van der Waals surface area contributed by atoms with Gasteiger partial charge in [0.1, 0.15) is 11.0 Å². The van der Waals surface area contributed by atoms with E-state index in [2.05, 4.69) is 5.32 Å². The third kappa shape index (κ3) is 2.52. The van der Waals surface area contributed by atoms with Gasteiger partial charge in [-0.3, -0.25) is 4.79 Å². The van der Waals surface area contributed by atoms with Crippen molar-refractivity contribution in [1.29, 1.82) is 0 Å². The third-order valence-electron chi connectivity index (χ3n) is 3.22. The second kappa shape index (κ2) is 5.22. The minimum absolute atomic E-state index is 0.143. The number of rotatable bonds is 3. The van der Waals surface area contributed by atoms with E-state index in [0.29, 0.717) is 17.2 Å². The van der Waals surface area contributed by atoms with E-state index in [-0.39, 0.29) is 12.0 Å². The number of hydrogen-bond donors (Lipinski definition) is 2. The van der Waals surface area contributed by atoms with E-state index < -0.39 is 5.97 Å². The summed E-state index contributed by atoms with van der Waals surface area (Å²) in [5.74, 6) is -1.08. The topological polar surface area (TPSA) is 75.6 Å². The van der Waals surface area contributed by atoms with Gasteiger partial charge < -0.3 is 15.2 Å². The predicted octanol–water partition coefficient (Wildman–Crippen LogP) is 2.72. The van der Waals surface area contributed by atoms with Gasteiger partial charge in [0.15, 0.2) is 0 Å². The number of ether oxygens (including phenoxy) is 1. The van der Waals surface area contributed by atoms with Crippen LogP contribution < -0.4 is 5.32 Å². The molecule has 0 aliphatic carbocycles. The van der Waals surface area contributed by atoms with Crippen LogP contribution in [0.3, 0.4) is 0 Å². The van der Waals surface area contributed by atoms with Crippen LogP contribution in [-0.2, 0) is 9.53 Å². The molecule has 1 atom stereocenters. The zero-order valence-electron chi connectivity index (χ0n) is 10.6. The lowest BCUT2D eigenvalue weighted by Crippen LogP contribution is -2.26. The van der Waals surface area contributed by atoms with Crippen molar-refractivity contribution >= 4 is 39.0 Å². The number of hydrogen-bond acceptors (Lipinski definition) is 4. The highest BCUT2D eigenvalue weighted by Crippen LogP contribution is 2.28. The number of thiophene rings is 1. The molecule has 0 bridgehead atoms. The first kappa shape index (κ1) is 13.1. The maximum absolute atomic E-state index is 11.9. The Hall–Kier alpha value is -1.92. The summed E-state index contributed by atoms with van der Waals surface area (Å²) < 4.78 is 6.21. The molecule has 2 heterocycles. The van der Waals surface area contributed by atoms with E-state index in [1.807, 2.05) is 6.07 Å². The lowest BCUT2D eigenvalue weighted by atomic mass is 10.2. The zero-order chi connectivity index (χ0) is 14.1. The highest BCUT2D eigenvalue weighted by molar-refractivity contribution is 7.20. The molecule has 104 valence electrons. The largest absolute Gasteiger partial charge is 0.477 e. The van der Waals surface area contributed by atoms with Crippen LogP contribution in [0.2, 0.25) is 0 Å². The lowest BCUT2D eigenvalue weighted by Gasteiger charge is -2.10. The summed E-state index contributed by atoms with van der Waals surface area (Å²) in [6.45, 7) is 0.629. The highest BCUT2D eigenvalue weighted by atomic mass is 32.1. The quantitative estimate of drug-likeness (QED) is 0.911. The maximum Gasteiger partial charge on any atom is 0.345 e. The van der Waals surface area contributed by atoms with Gasteiger partial charge in [0.25, 0.3) is 5.91 Å². The summed E-state index contributed by atoms with van der Waals surface area (Å²) in [5, 5.41) is 12.6. The molecular weight excluding hydrogens is 278 g/mol. The van der Waals surface area contributed by atoms with E-state index in [1.165, 1.54) is 11.3 Å². The standard InChI is InChI=1S/C14H13NO4S/c16-13(10-2-1-5-19-10)15-9-3-4-11-8(6-9)7-12(20-11)14(17)18/h3-4,6-7,10H,1-2,5H2,(H,15,16)(H,17,18)/t10-/m0/s1. The van der Waals surface area contributed by atoms with Crippen LogP contribution in [0.4, 0.5) is 5.69 Å². The Balaban J connectivity index is 1.81. The van der Waals surface area contributed by atoms with Gasteiger partial charge in [0.05, 0.1) is 0 Å². The normalized spacial score (nSPS) is 18.3. The van der Waals surface area contributed by atoms with E-state index >= 15 is 0 Å². The van der Waals surface area contributed by atoms with Crippen molar-refractivity contribution in [3.8, 4) is 0 Å². The smallest absolute Gasteiger partial charge is 0.345 e. The van der Waals surface area contributed by atoms with E-state index in [0.717, 1.165) is 22.9 Å². The number of carbonyl (C=O) groups is 2. The number of carboxylic acid groups (broad SMARTS) is 1. The lowest BCUT2D eigenvalue weighted by molar-refractivity contribution is -0.124. The molecule has 0 saturated carbocycles. The summed E-state index contributed by atoms with van der Waals surface area (Å²) in [7, 11) is 0. The molecule has 1 aliphatic rings. The van der Waals surface area contributed by atoms with Crippen LogP contribution in [0.5, 0.6) is 0 Å². The van der Waals surface area contributed by atoms with E-state index in [4.69, 9.17) is 9.84 Å². The number of fused-ring (bicyclic) bond motifs is 1. The highest BCUT2D eigenvalue weighted by Gasteiger charge is 2.23. The van der Waals surface area contributed by atoms with Gasteiger partial charge in [-0.25, -0.2) is 4.79 Å². The number of amides is 1. The number of benzene rings is 1. The van der Waals surface area contributed by atoms with Crippen LogP contribution in [0.15, 0.2) is 24.3 Å². The number of carbonyl (C=O) groups excluding carboxylic acids is 1. The first-order valence-corrected chi connectivity index (χ1v) is 7.14. The Morgan fingerprint density at radius 1 is 1.35 bits per heavy atom. The van der Waals surface area contributed by atoms with Crippen molar-refractivity contribution in [2.75, 3.05) is 11.9 Å². The molecule has 6 heteroatoms. The minimum atomic E-state index is -0.934. The number of aromatic carboxylic acids is 1. The molecule has 0 unspecified atom stereocenters. The molecule has 1 aliphatic heterocycles. The molecule has 2 N–H and O–H groups in total. The third-order valence-corrected chi connectivity index (χ3v) is 4.32. The molecule has 20 heavy (non-hydrogen) atoms.